The van der Waals surface area contributed by atoms with Gasteiger partial charge in [0.05, 0.1) is 11.2 Å². The molecular weight excluding hydrogens is 352 g/mol. The van der Waals surface area contributed by atoms with E-state index in [1.54, 1.807) is 6.07 Å². The van der Waals surface area contributed by atoms with Gasteiger partial charge in [0.1, 0.15) is 17.2 Å². The highest BCUT2D eigenvalue weighted by atomic mass is 32.2. The van der Waals surface area contributed by atoms with Crippen LogP contribution in [0.3, 0.4) is 0 Å². The second-order valence-corrected chi connectivity index (χ2v) is 6.52. The van der Waals surface area contributed by atoms with Gasteiger partial charge in [0.25, 0.3) is 0 Å². The SMILES string of the molecule is O=c1[nH]c(O)c(-c2occc2Sc2ccc(Oc3ccccc3)cc2)[nH]1. The summed E-state index contributed by atoms with van der Waals surface area (Å²) in [5.74, 6) is 1.66. The third kappa shape index (κ3) is 3.38. The lowest BCUT2D eigenvalue weighted by Crippen LogP contribution is -2.00. The smallest absolute Gasteiger partial charge is 0.326 e. The molecule has 2 aromatic carbocycles. The van der Waals surface area contributed by atoms with Crippen molar-refractivity contribution < 1.29 is 14.3 Å². The summed E-state index contributed by atoms with van der Waals surface area (Å²) in [6.45, 7) is 0. The second kappa shape index (κ2) is 6.89. The maximum absolute atomic E-state index is 11.3. The first kappa shape index (κ1) is 16.2. The van der Waals surface area contributed by atoms with Crippen molar-refractivity contribution in [3.63, 3.8) is 0 Å². The highest BCUT2D eigenvalue weighted by Gasteiger charge is 2.17. The van der Waals surface area contributed by atoms with Crippen LogP contribution in [0.1, 0.15) is 0 Å². The number of para-hydroxylation sites is 1. The Labute approximate surface area is 152 Å². The zero-order valence-electron chi connectivity index (χ0n) is 13.4. The summed E-state index contributed by atoms with van der Waals surface area (Å²) in [6.07, 6.45) is 1.51. The van der Waals surface area contributed by atoms with Crippen LogP contribution in [0.25, 0.3) is 11.5 Å². The average molecular weight is 366 g/mol. The van der Waals surface area contributed by atoms with Crippen LogP contribution in [-0.2, 0) is 0 Å². The Morgan fingerprint density at radius 3 is 2.35 bits per heavy atom. The van der Waals surface area contributed by atoms with Crippen molar-refractivity contribution in [2.75, 3.05) is 0 Å². The van der Waals surface area contributed by atoms with Crippen molar-refractivity contribution in [2.24, 2.45) is 0 Å². The Kier molecular flexibility index (Phi) is 4.28. The topological polar surface area (TPSA) is 91.2 Å². The predicted molar refractivity (Wildman–Crippen MR) is 97.9 cm³/mol. The molecule has 0 amide bonds. The summed E-state index contributed by atoms with van der Waals surface area (Å²) in [4.78, 5) is 17.9. The summed E-state index contributed by atoms with van der Waals surface area (Å²) in [7, 11) is 0. The lowest BCUT2D eigenvalue weighted by molar-refractivity contribution is 0.454. The Bertz CT molecular complexity index is 1060. The van der Waals surface area contributed by atoms with E-state index in [2.05, 4.69) is 9.97 Å². The number of benzene rings is 2. The molecule has 2 heterocycles. The molecule has 4 rings (SSSR count). The molecule has 0 spiro atoms. The van der Waals surface area contributed by atoms with E-state index >= 15 is 0 Å². The highest BCUT2D eigenvalue weighted by molar-refractivity contribution is 7.99. The lowest BCUT2D eigenvalue weighted by atomic mass is 10.3. The van der Waals surface area contributed by atoms with E-state index < -0.39 is 5.69 Å². The van der Waals surface area contributed by atoms with Crippen molar-refractivity contribution in [1.29, 1.82) is 0 Å². The van der Waals surface area contributed by atoms with Gasteiger partial charge in [0.15, 0.2) is 5.76 Å². The fourth-order valence-electron chi connectivity index (χ4n) is 2.43. The van der Waals surface area contributed by atoms with E-state index in [1.807, 2.05) is 54.6 Å². The van der Waals surface area contributed by atoms with Crippen LogP contribution in [0.5, 0.6) is 17.4 Å². The van der Waals surface area contributed by atoms with Crippen LogP contribution in [0.2, 0.25) is 0 Å². The number of nitrogens with one attached hydrogen (secondary N) is 2. The quantitative estimate of drug-likeness (QED) is 0.480. The van der Waals surface area contributed by atoms with Gasteiger partial charge in [-0.15, -0.1) is 0 Å². The molecule has 4 aromatic rings. The van der Waals surface area contributed by atoms with E-state index in [0.717, 1.165) is 21.3 Å². The fourth-order valence-corrected chi connectivity index (χ4v) is 3.32. The Morgan fingerprint density at radius 2 is 1.65 bits per heavy atom. The summed E-state index contributed by atoms with van der Waals surface area (Å²) >= 11 is 1.45. The van der Waals surface area contributed by atoms with E-state index in [9.17, 15) is 9.90 Å². The van der Waals surface area contributed by atoms with Gasteiger partial charge in [-0.2, -0.15) is 0 Å². The number of ether oxygens (including phenoxy) is 1. The number of aromatic nitrogens is 2. The molecular formula is C19H14N2O4S. The normalized spacial score (nSPS) is 10.8. The van der Waals surface area contributed by atoms with E-state index in [-0.39, 0.29) is 11.6 Å². The fraction of sp³-hybridized carbons (Fsp3) is 0. The maximum Gasteiger partial charge on any atom is 0.326 e. The van der Waals surface area contributed by atoms with Gasteiger partial charge >= 0.3 is 5.69 Å². The molecule has 0 aliphatic rings. The number of furan rings is 1. The van der Waals surface area contributed by atoms with E-state index in [1.165, 1.54) is 18.0 Å². The Hall–Kier alpha value is -3.32. The number of hydrogen-bond acceptors (Lipinski definition) is 5. The monoisotopic (exact) mass is 366 g/mol. The third-order valence-electron chi connectivity index (χ3n) is 3.59. The molecule has 130 valence electrons. The minimum Gasteiger partial charge on any atom is -0.493 e. The summed E-state index contributed by atoms with van der Waals surface area (Å²) in [5.41, 5.74) is -0.265. The van der Waals surface area contributed by atoms with Crippen molar-refractivity contribution in [3.8, 4) is 28.8 Å². The minimum atomic E-state index is -0.493. The lowest BCUT2D eigenvalue weighted by Gasteiger charge is -2.06. The Balaban J connectivity index is 1.53. The zero-order chi connectivity index (χ0) is 17.9. The molecule has 3 N–H and O–H groups in total. The van der Waals surface area contributed by atoms with Crippen molar-refractivity contribution in [2.45, 2.75) is 9.79 Å². The molecule has 26 heavy (non-hydrogen) atoms. The van der Waals surface area contributed by atoms with Crippen molar-refractivity contribution in [3.05, 3.63) is 77.4 Å². The van der Waals surface area contributed by atoms with E-state index in [4.69, 9.17) is 9.15 Å². The van der Waals surface area contributed by atoms with Crippen LogP contribution in [0, 0.1) is 0 Å². The molecule has 0 aliphatic heterocycles. The summed E-state index contributed by atoms with van der Waals surface area (Å²) < 4.78 is 11.2. The highest BCUT2D eigenvalue weighted by Crippen LogP contribution is 2.38. The van der Waals surface area contributed by atoms with Gasteiger partial charge in [0, 0.05) is 4.90 Å². The number of aromatic amines is 2. The molecule has 0 bridgehead atoms. The van der Waals surface area contributed by atoms with Crippen LogP contribution >= 0.6 is 11.8 Å². The number of imidazole rings is 1. The van der Waals surface area contributed by atoms with Crippen LogP contribution in [0.4, 0.5) is 0 Å². The summed E-state index contributed by atoms with van der Waals surface area (Å²) in [5, 5.41) is 9.80. The van der Waals surface area contributed by atoms with Crippen molar-refractivity contribution >= 4 is 11.8 Å². The molecule has 6 nitrogen and oxygen atoms in total. The molecule has 0 atom stereocenters. The molecule has 0 saturated carbocycles. The minimum absolute atomic E-state index is 0.228. The summed E-state index contributed by atoms with van der Waals surface area (Å²) in [6, 6.07) is 19.0. The number of rotatable bonds is 5. The second-order valence-electron chi connectivity index (χ2n) is 5.41. The van der Waals surface area contributed by atoms with Gasteiger partial charge in [-0.25, -0.2) is 4.79 Å². The van der Waals surface area contributed by atoms with E-state index in [0.29, 0.717) is 5.76 Å². The zero-order valence-corrected chi connectivity index (χ0v) is 14.2. The molecule has 7 heteroatoms. The van der Waals surface area contributed by atoms with Gasteiger partial charge in [0.2, 0.25) is 5.88 Å². The first-order valence-electron chi connectivity index (χ1n) is 7.79. The molecule has 0 radical (unpaired) electrons. The van der Waals surface area contributed by atoms with Gasteiger partial charge < -0.3 is 14.3 Å². The molecule has 2 aromatic heterocycles. The number of hydrogen-bond donors (Lipinski definition) is 3. The predicted octanol–water partition coefficient (Wildman–Crippen LogP) is 4.61. The molecule has 0 fully saturated rings. The van der Waals surface area contributed by atoms with Crippen LogP contribution < -0.4 is 10.4 Å². The van der Waals surface area contributed by atoms with Gasteiger partial charge in [-0.1, -0.05) is 30.0 Å². The average Bonchev–Trinajstić information content (AvgIpc) is 3.23. The van der Waals surface area contributed by atoms with Crippen LogP contribution in [-0.4, -0.2) is 15.1 Å². The number of H-pyrrole nitrogens is 2. The van der Waals surface area contributed by atoms with Crippen LogP contribution in [0.15, 0.2) is 85.9 Å². The molecule has 0 saturated heterocycles. The standard InChI is InChI=1S/C19H14N2O4S/c22-18-16(20-19(23)21-18)17-15(10-11-24-17)26-14-8-6-13(7-9-14)25-12-4-2-1-3-5-12/h1-11,22H,(H2,20,21,23). The molecule has 0 unspecified atom stereocenters. The number of aromatic hydroxyl groups is 1. The Morgan fingerprint density at radius 1 is 0.923 bits per heavy atom. The largest absolute Gasteiger partial charge is 0.493 e. The van der Waals surface area contributed by atoms with Gasteiger partial charge in [-0.3, -0.25) is 9.97 Å². The van der Waals surface area contributed by atoms with Gasteiger partial charge in [-0.05, 0) is 42.5 Å². The molecule has 0 aliphatic carbocycles. The third-order valence-corrected chi connectivity index (χ3v) is 4.64. The first-order valence-corrected chi connectivity index (χ1v) is 8.60. The van der Waals surface area contributed by atoms with Crippen molar-refractivity contribution in [1.82, 2.24) is 9.97 Å². The first-order chi connectivity index (χ1) is 12.7. The maximum atomic E-state index is 11.3.